The Hall–Kier alpha value is -3.30. The first kappa shape index (κ1) is 22.5. The molecular weight excluding hydrogens is 430 g/mol. The van der Waals surface area contributed by atoms with Crippen LogP contribution in [0, 0.1) is 20.8 Å². The third kappa shape index (κ3) is 4.05. The second-order valence-corrected chi connectivity index (χ2v) is 9.30. The fourth-order valence-electron chi connectivity index (χ4n) is 4.98. The van der Waals surface area contributed by atoms with Crippen LogP contribution in [0.5, 0.6) is 0 Å². The highest BCUT2D eigenvalue weighted by atomic mass is 16.3. The van der Waals surface area contributed by atoms with Gasteiger partial charge >= 0.3 is 0 Å². The van der Waals surface area contributed by atoms with E-state index in [-0.39, 0.29) is 12.2 Å². The summed E-state index contributed by atoms with van der Waals surface area (Å²) in [5.41, 5.74) is 6.42. The molecule has 0 saturated carbocycles. The second kappa shape index (κ2) is 8.81. The molecule has 1 N–H and O–H groups in total. The van der Waals surface area contributed by atoms with E-state index in [2.05, 4.69) is 33.0 Å². The molecular formula is C25H31N7O2. The molecule has 34 heavy (non-hydrogen) atoms. The van der Waals surface area contributed by atoms with E-state index in [1.165, 1.54) is 0 Å². The highest BCUT2D eigenvalue weighted by molar-refractivity contribution is 5.67. The van der Waals surface area contributed by atoms with Crippen LogP contribution in [0.3, 0.4) is 0 Å². The molecule has 0 aromatic carbocycles. The third-order valence-electron chi connectivity index (χ3n) is 6.86. The number of aliphatic hydroxyl groups is 1. The number of anilines is 1. The number of likely N-dealkylation sites (N-methyl/N-ethyl adjacent to an activating group) is 1. The summed E-state index contributed by atoms with van der Waals surface area (Å²) in [5, 5.41) is 13.9. The van der Waals surface area contributed by atoms with Gasteiger partial charge in [-0.1, -0.05) is 0 Å². The van der Waals surface area contributed by atoms with Crippen LogP contribution in [-0.2, 0) is 0 Å². The molecule has 0 atom stereocenters. The fourth-order valence-corrected chi connectivity index (χ4v) is 4.98. The van der Waals surface area contributed by atoms with Gasteiger partial charge in [-0.05, 0) is 58.4 Å². The monoisotopic (exact) mass is 461 g/mol. The summed E-state index contributed by atoms with van der Waals surface area (Å²) in [6.45, 7) is 8.60. The van der Waals surface area contributed by atoms with Crippen molar-refractivity contribution in [2.75, 3.05) is 38.2 Å². The first-order chi connectivity index (χ1) is 16.3. The fraction of sp³-hybridized carbons (Fsp3) is 0.440. The number of rotatable bonds is 5. The van der Waals surface area contributed by atoms with Crippen LogP contribution in [0.15, 0.2) is 35.4 Å². The Balaban J connectivity index is 1.47. The molecule has 1 saturated heterocycles. The molecule has 9 nitrogen and oxygen atoms in total. The Morgan fingerprint density at radius 3 is 2.56 bits per heavy atom. The van der Waals surface area contributed by atoms with Crippen LogP contribution in [0.2, 0.25) is 0 Å². The van der Waals surface area contributed by atoms with Gasteiger partial charge in [0.25, 0.3) is 5.56 Å². The van der Waals surface area contributed by atoms with Crippen molar-refractivity contribution in [1.29, 1.82) is 0 Å². The molecule has 1 aliphatic heterocycles. The number of fused-ring (bicyclic) bond motifs is 2. The van der Waals surface area contributed by atoms with Crippen molar-refractivity contribution >= 4 is 16.9 Å². The normalized spacial score (nSPS) is 15.2. The molecule has 0 unspecified atom stereocenters. The van der Waals surface area contributed by atoms with Crippen LogP contribution in [0.1, 0.15) is 29.8 Å². The summed E-state index contributed by atoms with van der Waals surface area (Å²) in [4.78, 5) is 27.0. The van der Waals surface area contributed by atoms with Crippen molar-refractivity contribution in [1.82, 2.24) is 28.9 Å². The number of piperidine rings is 1. The lowest BCUT2D eigenvalue weighted by Crippen LogP contribution is -2.44. The first-order valence-electron chi connectivity index (χ1n) is 11.8. The smallest absolute Gasteiger partial charge is 0.258 e. The average molecular weight is 462 g/mol. The Bertz CT molecular complexity index is 1420. The minimum absolute atomic E-state index is 0.120. The average Bonchev–Trinajstić information content (AvgIpc) is 3.24. The number of hydrogen-bond acceptors (Lipinski definition) is 7. The molecule has 5 heterocycles. The van der Waals surface area contributed by atoms with Crippen molar-refractivity contribution in [3.63, 3.8) is 0 Å². The molecule has 4 aromatic heterocycles. The predicted octanol–water partition coefficient (Wildman–Crippen LogP) is 2.22. The molecule has 178 valence electrons. The Morgan fingerprint density at radius 1 is 1.06 bits per heavy atom. The van der Waals surface area contributed by atoms with Crippen LogP contribution < -0.4 is 10.5 Å². The predicted molar refractivity (Wildman–Crippen MR) is 133 cm³/mol. The molecule has 5 rings (SSSR count). The topological polar surface area (TPSA) is 91.3 Å². The van der Waals surface area contributed by atoms with Crippen LogP contribution in [-0.4, -0.2) is 73.3 Å². The molecule has 0 bridgehead atoms. The third-order valence-corrected chi connectivity index (χ3v) is 6.86. The maximum absolute atomic E-state index is 13.1. The number of hydrogen-bond donors (Lipinski definition) is 1. The lowest BCUT2D eigenvalue weighted by atomic mass is 10.0. The van der Waals surface area contributed by atoms with E-state index < -0.39 is 0 Å². The van der Waals surface area contributed by atoms with E-state index in [1.807, 2.05) is 39.2 Å². The quantitative estimate of drug-likeness (QED) is 0.487. The molecule has 0 amide bonds. The van der Waals surface area contributed by atoms with Gasteiger partial charge in [-0.3, -0.25) is 14.2 Å². The highest BCUT2D eigenvalue weighted by Crippen LogP contribution is 2.25. The van der Waals surface area contributed by atoms with Gasteiger partial charge in [0.1, 0.15) is 11.3 Å². The number of pyridine rings is 1. The van der Waals surface area contributed by atoms with E-state index in [9.17, 15) is 9.90 Å². The van der Waals surface area contributed by atoms with Gasteiger partial charge in [-0.2, -0.15) is 5.10 Å². The standard InChI is InChI=1S/C25H31N7O2/c1-16-11-20(30-7-5-19(6-8-30)29(4)9-10-33)15-31-24(34)13-21(27-25(16)31)22-12-23-18(3)26-17(2)14-32(23)28-22/h11-15,19,33H,5-10H2,1-4H3. The van der Waals surface area contributed by atoms with Gasteiger partial charge in [-0.15, -0.1) is 0 Å². The summed E-state index contributed by atoms with van der Waals surface area (Å²) in [6.07, 6.45) is 5.84. The van der Waals surface area contributed by atoms with Crippen molar-refractivity contribution in [3.05, 3.63) is 57.9 Å². The number of nitrogens with zero attached hydrogens (tertiary/aromatic N) is 7. The zero-order valence-electron chi connectivity index (χ0n) is 20.2. The Kier molecular flexibility index (Phi) is 5.83. The van der Waals surface area contributed by atoms with E-state index in [0.29, 0.717) is 29.6 Å². The van der Waals surface area contributed by atoms with Gasteiger partial charge in [0, 0.05) is 37.9 Å². The summed E-state index contributed by atoms with van der Waals surface area (Å²) in [5.74, 6) is 0. The maximum Gasteiger partial charge on any atom is 0.258 e. The minimum atomic E-state index is -0.120. The number of aromatic nitrogens is 5. The van der Waals surface area contributed by atoms with Crippen molar-refractivity contribution in [3.8, 4) is 11.4 Å². The maximum atomic E-state index is 13.1. The zero-order chi connectivity index (χ0) is 24.0. The molecule has 4 aromatic rings. The van der Waals surface area contributed by atoms with Gasteiger partial charge < -0.3 is 14.9 Å². The van der Waals surface area contributed by atoms with Crippen molar-refractivity contribution in [2.24, 2.45) is 0 Å². The summed E-state index contributed by atoms with van der Waals surface area (Å²) in [7, 11) is 2.07. The highest BCUT2D eigenvalue weighted by Gasteiger charge is 2.23. The van der Waals surface area contributed by atoms with Crippen molar-refractivity contribution < 1.29 is 5.11 Å². The van der Waals surface area contributed by atoms with E-state index in [1.54, 1.807) is 15.0 Å². The largest absolute Gasteiger partial charge is 0.395 e. The number of aryl methyl sites for hydroxylation is 3. The van der Waals surface area contributed by atoms with Gasteiger partial charge in [-0.25, -0.2) is 9.50 Å². The van der Waals surface area contributed by atoms with Crippen LogP contribution in [0.4, 0.5) is 5.69 Å². The second-order valence-electron chi connectivity index (χ2n) is 9.30. The van der Waals surface area contributed by atoms with Crippen LogP contribution >= 0.6 is 0 Å². The van der Waals surface area contributed by atoms with Gasteiger partial charge in [0.15, 0.2) is 0 Å². The molecule has 9 heteroatoms. The van der Waals surface area contributed by atoms with E-state index in [4.69, 9.17) is 4.98 Å². The Morgan fingerprint density at radius 2 is 1.82 bits per heavy atom. The first-order valence-corrected chi connectivity index (χ1v) is 11.8. The number of aliphatic hydroxyl groups excluding tert-OH is 1. The summed E-state index contributed by atoms with van der Waals surface area (Å²) in [6, 6.07) is 6.08. The molecule has 1 aliphatic rings. The zero-order valence-corrected chi connectivity index (χ0v) is 20.2. The minimum Gasteiger partial charge on any atom is -0.395 e. The molecule has 0 spiro atoms. The van der Waals surface area contributed by atoms with Gasteiger partial charge in [0.05, 0.1) is 41.1 Å². The Labute approximate surface area is 198 Å². The molecule has 0 radical (unpaired) electrons. The lowest BCUT2D eigenvalue weighted by molar-refractivity contribution is 0.162. The van der Waals surface area contributed by atoms with Gasteiger partial charge in [0.2, 0.25) is 0 Å². The summed E-state index contributed by atoms with van der Waals surface area (Å²) < 4.78 is 3.44. The summed E-state index contributed by atoms with van der Waals surface area (Å²) >= 11 is 0. The lowest BCUT2D eigenvalue weighted by Gasteiger charge is -2.37. The molecule has 1 fully saturated rings. The van der Waals surface area contributed by atoms with E-state index >= 15 is 0 Å². The molecule has 0 aliphatic carbocycles. The SMILES string of the molecule is Cc1cn2nc(-c3cc(=O)n4cc(N5CCC(N(C)CCO)CC5)cc(C)c4n3)cc2c(C)n1. The van der Waals surface area contributed by atoms with Crippen molar-refractivity contribution in [2.45, 2.75) is 39.7 Å². The van der Waals surface area contributed by atoms with E-state index in [0.717, 1.165) is 54.1 Å². The van der Waals surface area contributed by atoms with Crippen LogP contribution in [0.25, 0.3) is 22.6 Å².